The molecule has 1 saturated carbocycles. The van der Waals surface area contributed by atoms with Crippen molar-refractivity contribution < 1.29 is 4.79 Å². The second-order valence-corrected chi connectivity index (χ2v) is 7.02. The third kappa shape index (κ3) is 2.18. The lowest BCUT2D eigenvalue weighted by molar-refractivity contribution is -0.128. The molecule has 21 heavy (non-hydrogen) atoms. The summed E-state index contributed by atoms with van der Waals surface area (Å²) in [4.78, 5) is 12.9. The van der Waals surface area contributed by atoms with Gasteiger partial charge in [-0.05, 0) is 67.8 Å². The SMILES string of the molecule is O=C(Nc1ccc2c(c1)CCC2)[C@@]12CCCC[C@H]1CNC2. The highest BCUT2D eigenvalue weighted by Crippen LogP contribution is 2.44. The molecule has 2 fully saturated rings. The molecule has 3 aliphatic rings. The van der Waals surface area contributed by atoms with Crippen LogP contribution in [-0.2, 0) is 17.6 Å². The van der Waals surface area contributed by atoms with Gasteiger partial charge in [0, 0.05) is 12.2 Å². The van der Waals surface area contributed by atoms with Crippen molar-refractivity contribution in [1.29, 1.82) is 0 Å². The number of fused-ring (bicyclic) bond motifs is 2. The van der Waals surface area contributed by atoms with Gasteiger partial charge in [0.05, 0.1) is 5.41 Å². The van der Waals surface area contributed by atoms with Crippen molar-refractivity contribution in [1.82, 2.24) is 5.32 Å². The molecular weight excluding hydrogens is 260 g/mol. The van der Waals surface area contributed by atoms with Crippen molar-refractivity contribution in [3.8, 4) is 0 Å². The molecule has 3 heteroatoms. The van der Waals surface area contributed by atoms with Crippen molar-refractivity contribution in [2.45, 2.75) is 44.9 Å². The van der Waals surface area contributed by atoms with Gasteiger partial charge >= 0.3 is 0 Å². The Morgan fingerprint density at radius 2 is 2.10 bits per heavy atom. The zero-order valence-corrected chi connectivity index (χ0v) is 12.6. The normalized spacial score (nSPS) is 30.8. The van der Waals surface area contributed by atoms with E-state index in [0.29, 0.717) is 5.92 Å². The van der Waals surface area contributed by atoms with E-state index in [0.717, 1.165) is 31.6 Å². The number of anilines is 1. The quantitative estimate of drug-likeness (QED) is 0.877. The van der Waals surface area contributed by atoms with Crippen molar-refractivity contribution in [3.05, 3.63) is 29.3 Å². The van der Waals surface area contributed by atoms with E-state index >= 15 is 0 Å². The van der Waals surface area contributed by atoms with Crippen LogP contribution in [0.4, 0.5) is 5.69 Å². The van der Waals surface area contributed by atoms with Crippen LogP contribution >= 0.6 is 0 Å². The molecule has 0 unspecified atom stereocenters. The molecule has 1 saturated heterocycles. The lowest BCUT2D eigenvalue weighted by Crippen LogP contribution is -2.44. The number of benzene rings is 1. The molecule has 0 bridgehead atoms. The molecule has 1 amide bonds. The van der Waals surface area contributed by atoms with E-state index < -0.39 is 0 Å². The Kier molecular flexibility index (Phi) is 3.26. The first-order valence-corrected chi connectivity index (χ1v) is 8.42. The predicted octanol–water partition coefficient (Wildman–Crippen LogP) is 2.89. The lowest BCUT2D eigenvalue weighted by Gasteiger charge is -2.37. The van der Waals surface area contributed by atoms with E-state index in [1.54, 1.807) is 0 Å². The molecule has 2 atom stereocenters. The van der Waals surface area contributed by atoms with Crippen LogP contribution in [-0.4, -0.2) is 19.0 Å². The second-order valence-electron chi connectivity index (χ2n) is 7.02. The van der Waals surface area contributed by atoms with Gasteiger partial charge in [0.25, 0.3) is 0 Å². The molecule has 2 aliphatic carbocycles. The van der Waals surface area contributed by atoms with Gasteiger partial charge in [-0.2, -0.15) is 0 Å². The topological polar surface area (TPSA) is 41.1 Å². The highest BCUT2D eigenvalue weighted by molar-refractivity contribution is 5.96. The van der Waals surface area contributed by atoms with Crippen LogP contribution in [0.3, 0.4) is 0 Å². The summed E-state index contributed by atoms with van der Waals surface area (Å²) in [5.74, 6) is 0.774. The number of carbonyl (C=O) groups excluding carboxylic acids is 1. The first-order valence-electron chi connectivity index (χ1n) is 8.42. The van der Waals surface area contributed by atoms with E-state index in [9.17, 15) is 4.79 Å². The first kappa shape index (κ1) is 13.3. The molecule has 0 aromatic heterocycles. The molecule has 1 aliphatic heterocycles. The minimum Gasteiger partial charge on any atom is -0.326 e. The van der Waals surface area contributed by atoms with Crippen molar-refractivity contribution >= 4 is 11.6 Å². The highest BCUT2D eigenvalue weighted by Gasteiger charge is 2.49. The molecular formula is C18H24N2O. The summed E-state index contributed by atoms with van der Waals surface area (Å²) in [6.45, 7) is 1.87. The summed E-state index contributed by atoms with van der Waals surface area (Å²) in [5.41, 5.74) is 3.72. The molecule has 2 N–H and O–H groups in total. The number of amides is 1. The van der Waals surface area contributed by atoms with Crippen molar-refractivity contribution in [2.24, 2.45) is 11.3 Å². The second kappa shape index (κ2) is 5.13. The Morgan fingerprint density at radius 1 is 1.19 bits per heavy atom. The minimum absolute atomic E-state index is 0.155. The van der Waals surface area contributed by atoms with E-state index in [1.807, 2.05) is 0 Å². The van der Waals surface area contributed by atoms with Crippen LogP contribution in [0.1, 0.15) is 43.2 Å². The van der Waals surface area contributed by atoms with Gasteiger partial charge in [0.2, 0.25) is 5.91 Å². The third-order valence-corrected chi connectivity index (χ3v) is 5.85. The van der Waals surface area contributed by atoms with Crippen molar-refractivity contribution in [3.63, 3.8) is 0 Å². The van der Waals surface area contributed by atoms with Crippen LogP contribution in [0, 0.1) is 11.3 Å². The van der Waals surface area contributed by atoms with Crippen LogP contribution in [0.15, 0.2) is 18.2 Å². The van der Waals surface area contributed by atoms with E-state index in [2.05, 4.69) is 28.8 Å². The van der Waals surface area contributed by atoms with Gasteiger partial charge in [-0.25, -0.2) is 0 Å². The molecule has 4 rings (SSSR count). The zero-order chi connectivity index (χ0) is 14.3. The fourth-order valence-corrected chi connectivity index (χ4v) is 4.60. The van der Waals surface area contributed by atoms with Crippen LogP contribution in [0.25, 0.3) is 0 Å². The van der Waals surface area contributed by atoms with Gasteiger partial charge in [0.15, 0.2) is 0 Å². The van der Waals surface area contributed by atoms with E-state index in [1.165, 1.54) is 43.2 Å². The summed E-state index contributed by atoms with van der Waals surface area (Å²) in [6, 6.07) is 6.47. The fraction of sp³-hybridized carbons (Fsp3) is 0.611. The highest BCUT2D eigenvalue weighted by atomic mass is 16.2. The van der Waals surface area contributed by atoms with Gasteiger partial charge in [-0.3, -0.25) is 4.79 Å². The molecule has 0 spiro atoms. The van der Waals surface area contributed by atoms with Gasteiger partial charge < -0.3 is 10.6 Å². The zero-order valence-electron chi connectivity index (χ0n) is 12.6. The maximum atomic E-state index is 12.9. The number of rotatable bonds is 2. The summed E-state index contributed by atoms with van der Waals surface area (Å²) >= 11 is 0. The molecule has 112 valence electrons. The summed E-state index contributed by atoms with van der Waals surface area (Å²) in [5, 5.41) is 6.68. The van der Waals surface area contributed by atoms with Gasteiger partial charge in [0.1, 0.15) is 0 Å². The van der Waals surface area contributed by atoms with E-state index in [4.69, 9.17) is 0 Å². The van der Waals surface area contributed by atoms with Crippen LogP contribution in [0.5, 0.6) is 0 Å². The number of nitrogens with one attached hydrogen (secondary N) is 2. The average molecular weight is 284 g/mol. The lowest BCUT2D eigenvalue weighted by atomic mass is 9.67. The Bertz CT molecular complexity index is 568. The molecule has 1 aromatic rings. The number of hydrogen-bond acceptors (Lipinski definition) is 2. The average Bonchev–Trinajstić information content (AvgIpc) is 3.13. The largest absolute Gasteiger partial charge is 0.326 e. The molecule has 3 nitrogen and oxygen atoms in total. The van der Waals surface area contributed by atoms with Gasteiger partial charge in [-0.15, -0.1) is 0 Å². The first-order chi connectivity index (χ1) is 10.3. The van der Waals surface area contributed by atoms with E-state index in [-0.39, 0.29) is 11.3 Å². The summed E-state index contributed by atoms with van der Waals surface area (Å²) < 4.78 is 0. The summed E-state index contributed by atoms with van der Waals surface area (Å²) in [6.07, 6.45) is 8.32. The smallest absolute Gasteiger partial charge is 0.232 e. The van der Waals surface area contributed by atoms with Crippen LogP contribution in [0.2, 0.25) is 0 Å². The molecule has 1 heterocycles. The van der Waals surface area contributed by atoms with Crippen LogP contribution < -0.4 is 10.6 Å². The van der Waals surface area contributed by atoms with Crippen molar-refractivity contribution in [2.75, 3.05) is 18.4 Å². The Labute approximate surface area is 126 Å². The molecule has 0 radical (unpaired) electrons. The predicted molar refractivity (Wildman–Crippen MR) is 84.4 cm³/mol. The molecule has 1 aromatic carbocycles. The third-order valence-electron chi connectivity index (χ3n) is 5.85. The monoisotopic (exact) mass is 284 g/mol. The number of carbonyl (C=O) groups is 1. The number of aryl methyl sites for hydroxylation is 2. The standard InChI is InChI=1S/C18H24N2O/c21-17(18-9-2-1-6-15(18)11-19-12-18)20-16-8-7-13-4-3-5-14(13)10-16/h7-8,10,15,19H,1-6,9,11-12H2,(H,20,21)/t15-,18+/m0/s1. The summed E-state index contributed by atoms with van der Waals surface area (Å²) in [7, 11) is 0. The number of hydrogen-bond donors (Lipinski definition) is 2. The Morgan fingerprint density at radius 3 is 3.05 bits per heavy atom. The van der Waals surface area contributed by atoms with Gasteiger partial charge in [-0.1, -0.05) is 18.9 Å². The Balaban J connectivity index is 1.55. The minimum atomic E-state index is -0.155. The maximum Gasteiger partial charge on any atom is 0.232 e. The maximum absolute atomic E-state index is 12.9. The Hall–Kier alpha value is -1.35. The fourth-order valence-electron chi connectivity index (χ4n) is 4.60.